The van der Waals surface area contributed by atoms with Gasteiger partial charge in [-0.2, -0.15) is 0 Å². The fraction of sp³-hybridized carbons (Fsp3) is 0.238. The first-order valence-corrected chi connectivity index (χ1v) is 9.10. The standard InChI is InChI=1S/C21H22N4O2/c22-12-19(26)24-17-8-4-7-16-21(17)15-9-10-25(13-18(15)23-16)20(27)11-14-5-2-1-3-6-14/h1-8,23H,9-13,22H2,(H,24,26). The summed E-state index contributed by atoms with van der Waals surface area (Å²) < 4.78 is 0. The van der Waals surface area contributed by atoms with Crippen LogP contribution < -0.4 is 11.1 Å². The van der Waals surface area contributed by atoms with Gasteiger partial charge in [0.1, 0.15) is 0 Å². The number of nitrogens with two attached hydrogens (primary N) is 1. The lowest BCUT2D eigenvalue weighted by Crippen LogP contribution is -2.36. The highest BCUT2D eigenvalue weighted by atomic mass is 16.2. The number of carbonyl (C=O) groups excluding carboxylic acids is 2. The van der Waals surface area contributed by atoms with E-state index in [-0.39, 0.29) is 18.4 Å². The highest BCUT2D eigenvalue weighted by Gasteiger charge is 2.25. The van der Waals surface area contributed by atoms with Crippen molar-refractivity contribution in [3.05, 3.63) is 65.4 Å². The predicted octanol–water partition coefficient (Wildman–Crippen LogP) is 2.19. The van der Waals surface area contributed by atoms with Crippen molar-refractivity contribution in [1.82, 2.24) is 9.88 Å². The van der Waals surface area contributed by atoms with Gasteiger partial charge in [0, 0.05) is 23.1 Å². The molecule has 0 unspecified atom stereocenters. The van der Waals surface area contributed by atoms with Crippen molar-refractivity contribution >= 4 is 28.4 Å². The Morgan fingerprint density at radius 1 is 1.11 bits per heavy atom. The summed E-state index contributed by atoms with van der Waals surface area (Å²) >= 11 is 0. The molecule has 2 heterocycles. The van der Waals surface area contributed by atoms with E-state index >= 15 is 0 Å². The number of rotatable bonds is 4. The Bertz CT molecular complexity index is 994. The van der Waals surface area contributed by atoms with Gasteiger partial charge >= 0.3 is 0 Å². The Labute approximate surface area is 157 Å². The molecule has 3 aromatic rings. The van der Waals surface area contributed by atoms with Crippen LogP contribution in [-0.4, -0.2) is 34.8 Å². The highest BCUT2D eigenvalue weighted by molar-refractivity contribution is 6.04. The van der Waals surface area contributed by atoms with E-state index in [4.69, 9.17) is 5.73 Å². The average Bonchev–Trinajstić information content (AvgIpc) is 3.07. The Morgan fingerprint density at radius 2 is 1.93 bits per heavy atom. The van der Waals surface area contributed by atoms with Crippen LogP contribution in [-0.2, 0) is 29.0 Å². The van der Waals surface area contributed by atoms with Gasteiger partial charge in [0.2, 0.25) is 11.8 Å². The maximum atomic E-state index is 12.7. The number of hydrogen-bond acceptors (Lipinski definition) is 3. The third-order valence-corrected chi connectivity index (χ3v) is 5.01. The molecule has 1 aliphatic heterocycles. The van der Waals surface area contributed by atoms with Crippen LogP contribution in [0.3, 0.4) is 0 Å². The largest absolute Gasteiger partial charge is 0.357 e. The summed E-state index contributed by atoms with van der Waals surface area (Å²) in [6.07, 6.45) is 1.17. The van der Waals surface area contributed by atoms with E-state index < -0.39 is 0 Å². The molecular formula is C21H22N4O2. The fourth-order valence-corrected chi connectivity index (χ4v) is 3.70. The zero-order valence-corrected chi connectivity index (χ0v) is 15.0. The number of hydrogen-bond donors (Lipinski definition) is 3. The van der Waals surface area contributed by atoms with Crippen molar-refractivity contribution in [1.29, 1.82) is 0 Å². The molecule has 0 saturated heterocycles. The number of nitrogens with zero attached hydrogens (tertiary/aromatic N) is 1. The first kappa shape index (κ1) is 17.3. The van der Waals surface area contributed by atoms with E-state index in [1.54, 1.807) is 0 Å². The molecule has 6 nitrogen and oxygen atoms in total. The lowest BCUT2D eigenvalue weighted by atomic mass is 10.0. The van der Waals surface area contributed by atoms with Crippen LogP contribution >= 0.6 is 0 Å². The van der Waals surface area contributed by atoms with E-state index in [9.17, 15) is 9.59 Å². The summed E-state index contributed by atoms with van der Waals surface area (Å²) in [5.74, 6) is -0.0879. The number of aromatic nitrogens is 1. The van der Waals surface area contributed by atoms with Crippen molar-refractivity contribution in [3.8, 4) is 0 Å². The Balaban J connectivity index is 1.58. The summed E-state index contributed by atoms with van der Waals surface area (Å²) in [6.45, 7) is 1.18. The predicted molar refractivity (Wildman–Crippen MR) is 105 cm³/mol. The van der Waals surface area contributed by atoms with Gasteiger partial charge in [-0.25, -0.2) is 0 Å². The van der Waals surface area contributed by atoms with E-state index in [1.165, 1.54) is 5.56 Å². The molecule has 0 saturated carbocycles. The number of aromatic amines is 1. The minimum absolute atomic E-state index is 0.0508. The number of anilines is 1. The van der Waals surface area contributed by atoms with Gasteiger partial charge in [0.05, 0.1) is 25.2 Å². The van der Waals surface area contributed by atoms with Gasteiger partial charge < -0.3 is 20.9 Å². The van der Waals surface area contributed by atoms with Gasteiger partial charge in [0.15, 0.2) is 0 Å². The van der Waals surface area contributed by atoms with E-state index in [0.717, 1.165) is 34.3 Å². The molecule has 4 rings (SSSR count). The second kappa shape index (κ2) is 7.25. The van der Waals surface area contributed by atoms with Gasteiger partial charge in [-0.3, -0.25) is 9.59 Å². The molecule has 4 N–H and O–H groups in total. The normalized spacial score (nSPS) is 13.4. The fourth-order valence-electron chi connectivity index (χ4n) is 3.70. The molecule has 0 radical (unpaired) electrons. The van der Waals surface area contributed by atoms with Gasteiger partial charge in [-0.1, -0.05) is 36.4 Å². The first-order valence-electron chi connectivity index (χ1n) is 9.10. The number of amides is 2. The SMILES string of the molecule is NCC(=O)Nc1cccc2[nH]c3c(c12)CCN(C(=O)Cc1ccccc1)C3. The molecule has 138 valence electrons. The summed E-state index contributed by atoms with van der Waals surface area (Å²) in [4.78, 5) is 29.7. The summed E-state index contributed by atoms with van der Waals surface area (Å²) in [5, 5.41) is 3.89. The maximum Gasteiger partial charge on any atom is 0.238 e. The molecule has 0 fully saturated rings. The third-order valence-electron chi connectivity index (χ3n) is 5.01. The summed E-state index contributed by atoms with van der Waals surface area (Å²) in [5.41, 5.74) is 10.4. The number of H-pyrrole nitrogens is 1. The van der Waals surface area contributed by atoms with Crippen LogP contribution in [0.2, 0.25) is 0 Å². The van der Waals surface area contributed by atoms with Crippen molar-refractivity contribution in [2.45, 2.75) is 19.4 Å². The highest BCUT2D eigenvalue weighted by Crippen LogP contribution is 2.33. The van der Waals surface area contributed by atoms with Crippen molar-refractivity contribution < 1.29 is 9.59 Å². The lowest BCUT2D eigenvalue weighted by Gasteiger charge is -2.27. The number of fused-ring (bicyclic) bond motifs is 3. The molecule has 2 amide bonds. The maximum absolute atomic E-state index is 12.7. The molecule has 0 bridgehead atoms. The Morgan fingerprint density at radius 3 is 2.70 bits per heavy atom. The van der Waals surface area contributed by atoms with Crippen LogP contribution in [0, 0.1) is 0 Å². The van der Waals surface area contributed by atoms with Crippen molar-refractivity contribution in [2.24, 2.45) is 5.73 Å². The first-order chi connectivity index (χ1) is 13.2. The van der Waals surface area contributed by atoms with Crippen LogP contribution in [0.25, 0.3) is 10.9 Å². The molecule has 1 aliphatic rings. The van der Waals surface area contributed by atoms with Crippen LogP contribution in [0.15, 0.2) is 48.5 Å². The second-order valence-corrected chi connectivity index (χ2v) is 6.79. The van der Waals surface area contributed by atoms with Crippen LogP contribution in [0.4, 0.5) is 5.69 Å². The van der Waals surface area contributed by atoms with Gasteiger partial charge in [-0.15, -0.1) is 0 Å². The van der Waals surface area contributed by atoms with E-state index in [2.05, 4.69) is 10.3 Å². The van der Waals surface area contributed by atoms with Gasteiger partial charge in [-0.05, 0) is 29.7 Å². The summed E-state index contributed by atoms with van der Waals surface area (Å²) in [7, 11) is 0. The second-order valence-electron chi connectivity index (χ2n) is 6.79. The van der Waals surface area contributed by atoms with E-state index in [0.29, 0.717) is 19.5 Å². The average molecular weight is 362 g/mol. The quantitative estimate of drug-likeness (QED) is 0.664. The molecule has 6 heteroatoms. The van der Waals surface area contributed by atoms with Crippen molar-refractivity contribution in [3.63, 3.8) is 0 Å². The topological polar surface area (TPSA) is 91.2 Å². The Hall–Kier alpha value is -3.12. The molecule has 2 aromatic carbocycles. The van der Waals surface area contributed by atoms with Gasteiger partial charge in [0.25, 0.3) is 0 Å². The molecular weight excluding hydrogens is 340 g/mol. The number of nitrogens with one attached hydrogen (secondary N) is 2. The smallest absolute Gasteiger partial charge is 0.238 e. The van der Waals surface area contributed by atoms with E-state index in [1.807, 2.05) is 53.4 Å². The van der Waals surface area contributed by atoms with Crippen molar-refractivity contribution in [2.75, 3.05) is 18.4 Å². The molecule has 27 heavy (non-hydrogen) atoms. The van der Waals surface area contributed by atoms with Crippen LogP contribution in [0.1, 0.15) is 16.8 Å². The monoisotopic (exact) mass is 362 g/mol. The number of carbonyl (C=O) groups is 2. The van der Waals surface area contributed by atoms with Crippen LogP contribution in [0.5, 0.6) is 0 Å². The molecule has 1 aromatic heterocycles. The minimum atomic E-state index is -0.215. The zero-order valence-electron chi connectivity index (χ0n) is 15.0. The zero-order chi connectivity index (χ0) is 18.8. The Kier molecular flexibility index (Phi) is 4.64. The minimum Gasteiger partial charge on any atom is -0.357 e. The molecule has 0 atom stereocenters. The third kappa shape index (κ3) is 3.44. The molecule has 0 aliphatic carbocycles. The lowest BCUT2D eigenvalue weighted by molar-refractivity contribution is -0.131. The summed E-state index contributed by atoms with van der Waals surface area (Å²) in [6, 6.07) is 15.6. The molecule has 0 spiro atoms. The number of benzene rings is 2.